The lowest BCUT2D eigenvalue weighted by molar-refractivity contribution is 0.0663. The third-order valence-electron chi connectivity index (χ3n) is 4.98. The highest BCUT2D eigenvalue weighted by Crippen LogP contribution is 2.21. The monoisotopic (exact) mass is 437 g/mol. The van der Waals surface area contributed by atoms with Crippen molar-refractivity contribution in [2.45, 2.75) is 13.0 Å². The third kappa shape index (κ3) is 6.40. The summed E-state index contributed by atoms with van der Waals surface area (Å²) in [6.07, 6.45) is -0.614. The Morgan fingerprint density at radius 1 is 1.17 bits per heavy atom. The van der Waals surface area contributed by atoms with Crippen LogP contribution < -0.4 is 9.64 Å². The van der Waals surface area contributed by atoms with Crippen LogP contribution in [0.4, 0.5) is 15.8 Å². The van der Waals surface area contributed by atoms with Gasteiger partial charge in [0.25, 0.3) is 0 Å². The van der Waals surface area contributed by atoms with E-state index in [1.54, 1.807) is 31.2 Å². The molecule has 2 unspecified atom stereocenters. The van der Waals surface area contributed by atoms with Gasteiger partial charge in [0.05, 0.1) is 12.8 Å². The van der Waals surface area contributed by atoms with Crippen molar-refractivity contribution in [2.24, 2.45) is 4.36 Å². The van der Waals surface area contributed by atoms with E-state index in [0.29, 0.717) is 23.5 Å². The van der Waals surface area contributed by atoms with Crippen molar-refractivity contribution < 1.29 is 22.6 Å². The molecule has 0 saturated carbocycles. The van der Waals surface area contributed by atoms with Crippen LogP contribution in [0.15, 0.2) is 46.8 Å². The summed E-state index contributed by atoms with van der Waals surface area (Å²) in [5, 5.41) is 10.3. The van der Waals surface area contributed by atoms with Gasteiger partial charge in [0, 0.05) is 38.4 Å². The van der Waals surface area contributed by atoms with Crippen LogP contribution in [0.1, 0.15) is 5.56 Å². The lowest BCUT2D eigenvalue weighted by atomic mass is 10.1. The van der Waals surface area contributed by atoms with Crippen molar-refractivity contribution in [2.75, 3.05) is 51.3 Å². The van der Waals surface area contributed by atoms with Gasteiger partial charge in [-0.25, -0.2) is 8.60 Å². The van der Waals surface area contributed by atoms with Crippen molar-refractivity contribution in [1.82, 2.24) is 4.90 Å². The molecular formula is C21H28FN3O4S. The number of piperazine rings is 1. The maximum absolute atomic E-state index is 13.5. The minimum atomic E-state index is -2.05. The molecule has 2 aromatic rings. The molecule has 0 bridgehead atoms. The number of aliphatic hydroxyl groups is 1. The number of anilines is 1. The fraction of sp³-hybridized carbons (Fsp3) is 0.429. The summed E-state index contributed by atoms with van der Waals surface area (Å²) in [6, 6.07) is 12.0. The van der Waals surface area contributed by atoms with Gasteiger partial charge in [-0.05, 0) is 55.0 Å². The highest BCUT2D eigenvalue weighted by Gasteiger charge is 2.20. The summed E-state index contributed by atoms with van der Waals surface area (Å²) in [5.74, 6) is 0.423. The Balaban J connectivity index is 1.42. The molecule has 2 atom stereocenters. The van der Waals surface area contributed by atoms with E-state index in [2.05, 4.69) is 18.3 Å². The van der Waals surface area contributed by atoms with Gasteiger partial charge in [0.15, 0.2) is 10.9 Å². The van der Waals surface area contributed by atoms with Crippen LogP contribution in [-0.4, -0.2) is 66.8 Å². The first kappa shape index (κ1) is 22.5. The molecule has 1 heterocycles. The molecule has 30 heavy (non-hydrogen) atoms. The summed E-state index contributed by atoms with van der Waals surface area (Å²) < 4.78 is 38.9. The molecule has 1 N–H and O–H groups in total. The SMILES string of the molecule is CO[SH](=O)=Nc1ccc(OCC(O)CN2CCN(c3ccc(F)c(C)c3)CC2)cc1. The zero-order valence-electron chi connectivity index (χ0n) is 17.2. The largest absolute Gasteiger partial charge is 0.491 e. The third-order valence-corrected chi connectivity index (χ3v) is 5.69. The number of aryl methyl sites for hydroxylation is 1. The Morgan fingerprint density at radius 2 is 1.87 bits per heavy atom. The standard InChI is InChI=1S/C21H28FN3O4S/c1-16-13-18(5-8-21(16)22)25-11-9-24(10-12-25)14-19(26)15-29-20-6-3-17(4-7-20)23-30(27)28-2/h3-8,13,19,26,30H,9-12,14-15H2,1-2H3. The van der Waals surface area contributed by atoms with E-state index in [9.17, 15) is 13.7 Å². The molecular weight excluding hydrogens is 409 g/mol. The minimum Gasteiger partial charge on any atom is -0.491 e. The van der Waals surface area contributed by atoms with Crippen LogP contribution in [0.25, 0.3) is 0 Å². The van der Waals surface area contributed by atoms with Crippen LogP contribution in [0, 0.1) is 12.7 Å². The van der Waals surface area contributed by atoms with E-state index in [1.807, 2.05) is 12.1 Å². The summed E-state index contributed by atoms with van der Waals surface area (Å²) in [4.78, 5) is 4.43. The molecule has 0 aliphatic carbocycles. The van der Waals surface area contributed by atoms with Crippen LogP contribution in [0.3, 0.4) is 0 Å². The Morgan fingerprint density at radius 3 is 2.50 bits per heavy atom. The predicted octanol–water partition coefficient (Wildman–Crippen LogP) is 2.55. The van der Waals surface area contributed by atoms with Crippen LogP contribution >= 0.6 is 0 Å². The Bertz CT molecular complexity index is 911. The molecule has 0 radical (unpaired) electrons. The number of β-amino-alcohol motifs (C(OH)–C–C–N with tert-alkyl or cyclic N) is 1. The van der Waals surface area contributed by atoms with E-state index >= 15 is 0 Å². The predicted molar refractivity (Wildman–Crippen MR) is 116 cm³/mol. The van der Waals surface area contributed by atoms with E-state index in [0.717, 1.165) is 31.9 Å². The molecule has 3 rings (SSSR count). The molecule has 0 aromatic heterocycles. The van der Waals surface area contributed by atoms with E-state index in [4.69, 9.17) is 4.74 Å². The molecule has 2 aromatic carbocycles. The molecule has 9 heteroatoms. The van der Waals surface area contributed by atoms with Crippen molar-refractivity contribution in [1.29, 1.82) is 0 Å². The normalized spacial score (nSPS) is 17.1. The van der Waals surface area contributed by atoms with E-state index in [-0.39, 0.29) is 12.4 Å². The summed E-state index contributed by atoms with van der Waals surface area (Å²) in [6.45, 7) is 5.77. The van der Waals surface area contributed by atoms with Gasteiger partial charge in [0.1, 0.15) is 24.3 Å². The van der Waals surface area contributed by atoms with Gasteiger partial charge >= 0.3 is 0 Å². The van der Waals surface area contributed by atoms with Gasteiger partial charge in [0.2, 0.25) is 0 Å². The number of ether oxygens (including phenoxy) is 1. The molecule has 164 valence electrons. The molecule has 0 spiro atoms. The Labute approximate surface area is 178 Å². The van der Waals surface area contributed by atoms with Crippen molar-refractivity contribution in [3.8, 4) is 5.75 Å². The molecule has 1 aliphatic heterocycles. The number of rotatable bonds is 8. The van der Waals surface area contributed by atoms with Gasteiger partial charge < -0.3 is 14.7 Å². The highest BCUT2D eigenvalue weighted by molar-refractivity contribution is 7.69. The summed E-state index contributed by atoms with van der Waals surface area (Å²) >= 11 is 0. The second-order valence-corrected chi connectivity index (χ2v) is 8.24. The van der Waals surface area contributed by atoms with Gasteiger partial charge in [-0.1, -0.05) is 0 Å². The smallest absolute Gasteiger partial charge is 0.156 e. The van der Waals surface area contributed by atoms with Crippen molar-refractivity contribution >= 4 is 22.3 Å². The van der Waals surface area contributed by atoms with Crippen molar-refractivity contribution in [3.63, 3.8) is 0 Å². The summed E-state index contributed by atoms with van der Waals surface area (Å²) in [5.41, 5.74) is 2.22. The van der Waals surface area contributed by atoms with Crippen molar-refractivity contribution in [3.05, 3.63) is 53.8 Å². The molecule has 1 saturated heterocycles. The highest BCUT2D eigenvalue weighted by atomic mass is 32.2. The lowest BCUT2D eigenvalue weighted by Gasteiger charge is -2.37. The second-order valence-electron chi connectivity index (χ2n) is 7.20. The fourth-order valence-corrected chi connectivity index (χ4v) is 3.71. The van der Waals surface area contributed by atoms with Gasteiger partial charge in [-0.2, -0.15) is 4.36 Å². The van der Waals surface area contributed by atoms with Crippen LogP contribution in [-0.2, 0) is 15.1 Å². The number of nitrogens with zero attached hydrogens (tertiary/aromatic N) is 3. The van der Waals surface area contributed by atoms with Gasteiger partial charge in [-0.15, -0.1) is 0 Å². The molecule has 7 nitrogen and oxygen atoms in total. The van der Waals surface area contributed by atoms with E-state index in [1.165, 1.54) is 13.2 Å². The van der Waals surface area contributed by atoms with Gasteiger partial charge in [-0.3, -0.25) is 9.08 Å². The topological polar surface area (TPSA) is 74.6 Å². The lowest BCUT2D eigenvalue weighted by Crippen LogP contribution is -2.49. The number of hydrogen-bond acceptors (Lipinski definition) is 7. The Hall–Kier alpha value is -2.20. The fourth-order valence-electron chi connectivity index (χ4n) is 3.30. The first-order valence-electron chi connectivity index (χ1n) is 9.82. The molecule has 1 fully saturated rings. The van der Waals surface area contributed by atoms with Crippen LogP contribution in [0.2, 0.25) is 0 Å². The average molecular weight is 438 g/mol. The first-order chi connectivity index (χ1) is 14.4. The summed E-state index contributed by atoms with van der Waals surface area (Å²) in [7, 11) is -0.708. The number of thiol groups is 1. The van der Waals surface area contributed by atoms with E-state index < -0.39 is 17.0 Å². The average Bonchev–Trinajstić information content (AvgIpc) is 2.75. The maximum Gasteiger partial charge on any atom is 0.156 e. The number of halogens is 1. The molecule has 0 amide bonds. The number of hydrogen-bond donors (Lipinski definition) is 2. The maximum atomic E-state index is 13.5. The zero-order valence-corrected chi connectivity index (χ0v) is 18.1. The number of aliphatic hydroxyl groups excluding tert-OH is 1. The quantitative estimate of drug-likeness (QED) is 0.619. The minimum absolute atomic E-state index is 0.181. The Kier molecular flexibility index (Phi) is 8.03. The number of benzene rings is 2. The molecule has 1 aliphatic rings. The van der Waals surface area contributed by atoms with Crippen LogP contribution in [0.5, 0.6) is 5.75 Å². The first-order valence-corrected chi connectivity index (χ1v) is 10.9. The zero-order chi connectivity index (χ0) is 21.5. The second kappa shape index (κ2) is 10.7.